The summed E-state index contributed by atoms with van der Waals surface area (Å²) in [5.74, 6) is 0.905. The van der Waals surface area contributed by atoms with E-state index >= 15 is 0 Å². The average molecular weight is 523 g/mol. The zero-order valence-corrected chi connectivity index (χ0v) is 22.5. The highest BCUT2D eigenvalue weighted by Gasteiger charge is 2.21. The molecule has 0 bridgehead atoms. The van der Waals surface area contributed by atoms with Crippen molar-refractivity contribution in [2.75, 3.05) is 32.8 Å². The lowest BCUT2D eigenvalue weighted by Crippen LogP contribution is -2.04. The van der Waals surface area contributed by atoms with Gasteiger partial charge in [0.25, 0.3) is 0 Å². The highest BCUT2D eigenvalue weighted by molar-refractivity contribution is 7.18. The lowest BCUT2D eigenvalue weighted by atomic mass is 10.0. The Balaban J connectivity index is 1.64. The van der Waals surface area contributed by atoms with Crippen LogP contribution >= 0.6 is 22.7 Å². The summed E-state index contributed by atoms with van der Waals surface area (Å²) in [6, 6.07) is 20.0. The summed E-state index contributed by atoms with van der Waals surface area (Å²) in [6.07, 6.45) is 0.906. The highest BCUT2D eigenvalue weighted by atomic mass is 32.1. The van der Waals surface area contributed by atoms with Crippen LogP contribution in [0.15, 0.2) is 60.7 Å². The topological polar surface area (TPSA) is 69.7 Å². The SMILES string of the molecule is COCCOc1ccc(-c2nc(Nc3cc(-c4ccccc4)sc3C(=O)OC)sc2CC(C)C)cc1. The van der Waals surface area contributed by atoms with E-state index in [2.05, 4.69) is 19.2 Å². The lowest BCUT2D eigenvalue weighted by Gasteiger charge is -2.07. The fourth-order valence-corrected chi connectivity index (χ4v) is 5.93. The number of thiophene rings is 1. The Hall–Kier alpha value is -3.20. The van der Waals surface area contributed by atoms with Gasteiger partial charge in [0.2, 0.25) is 0 Å². The number of benzene rings is 2. The van der Waals surface area contributed by atoms with Gasteiger partial charge in [-0.1, -0.05) is 44.2 Å². The monoisotopic (exact) mass is 522 g/mol. The summed E-state index contributed by atoms with van der Waals surface area (Å²) in [5.41, 5.74) is 3.72. The van der Waals surface area contributed by atoms with Gasteiger partial charge in [0.1, 0.15) is 17.2 Å². The molecule has 0 atom stereocenters. The minimum absolute atomic E-state index is 0.368. The van der Waals surface area contributed by atoms with Crippen LogP contribution in [0.3, 0.4) is 0 Å². The Labute approximate surface area is 219 Å². The van der Waals surface area contributed by atoms with Gasteiger partial charge in [0.15, 0.2) is 5.13 Å². The molecule has 0 saturated carbocycles. The van der Waals surface area contributed by atoms with Crippen LogP contribution < -0.4 is 10.1 Å². The first-order valence-corrected chi connectivity index (χ1v) is 13.4. The minimum Gasteiger partial charge on any atom is -0.491 e. The third-order valence-corrected chi connectivity index (χ3v) is 7.53. The van der Waals surface area contributed by atoms with Crippen molar-refractivity contribution in [3.63, 3.8) is 0 Å². The number of nitrogens with one attached hydrogen (secondary N) is 1. The number of esters is 1. The number of aromatic nitrogens is 1. The van der Waals surface area contributed by atoms with E-state index in [-0.39, 0.29) is 5.97 Å². The molecule has 0 aliphatic heterocycles. The van der Waals surface area contributed by atoms with Gasteiger partial charge in [-0.2, -0.15) is 0 Å². The Morgan fingerprint density at radius 1 is 0.972 bits per heavy atom. The predicted octanol–water partition coefficient (Wildman–Crippen LogP) is 7.29. The van der Waals surface area contributed by atoms with Crippen LogP contribution in [0.1, 0.15) is 28.4 Å². The maximum atomic E-state index is 12.5. The number of carbonyl (C=O) groups is 1. The van der Waals surface area contributed by atoms with Gasteiger partial charge >= 0.3 is 5.97 Å². The molecular formula is C28H30N2O4S2. The van der Waals surface area contributed by atoms with E-state index in [4.69, 9.17) is 19.2 Å². The summed E-state index contributed by atoms with van der Waals surface area (Å²) in [4.78, 5) is 20.2. The zero-order chi connectivity index (χ0) is 25.5. The van der Waals surface area contributed by atoms with Gasteiger partial charge in [-0.3, -0.25) is 0 Å². The van der Waals surface area contributed by atoms with Gasteiger partial charge < -0.3 is 19.5 Å². The molecule has 0 aliphatic carbocycles. The molecule has 188 valence electrons. The second-order valence-electron chi connectivity index (χ2n) is 8.59. The summed E-state index contributed by atoms with van der Waals surface area (Å²) >= 11 is 3.02. The third kappa shape index (κ3) is 6.32. The molecule has 1 N–H and O–H groups in total. The molecule has 0 unspecified atom stereocenters. The summed E-state index contributed by atoms with van der Waals surface area (Å²) in [7, 11) is 3.06. The Morgan fingerprint density at radius 3 is 2.39 bits per heavy atom. The largest absolute Gasteiger partial charge is 0.491 e. The molecule has 36 heavy (non-hydrogen) atoms. The van der Waals surface area contributed by atoms with E-state index in [0.29, 0.717) is 29.7 Å². The fraction of sp³-hybridized carbons (Fsp3) is 0.286. The number of anilines is 2. The van der Waals surface area contributed by atoms with Crippen molar-refractivity contribution >= 4 is 39.5 Å². The molecule has 2 aromatic carbocycles. The van der Waals surface area contributed by atoms with Gasteiger partial charge in [-0.05, 0) is 48.2 Å². The molecule has 0 amide bonds. The summed E-state index contributed by atoms with van der Waals surface area (Å²) in [5, 5.41) is 4.15. The molecule has 2 aromatic heterocycles. The molecule has 4 aromatic rings. The predicted molar refractivity (Wildman–Crippen MR) is 148 cm³/mol. The van der Waals surface area contributed by atoms with Gasteiger partial charge in [-0.15, -0.1) is 22.7 Å². The molecule has 6 nitrogen and oxygen atoms in total. The number of nitrogens with zero attached hydrogens (tertiary/aromatic N) is 1. The van der Waals surface area contributed by atoms with Crippen molar-refractivity contribution in [2.45, 2.75) is 20.3 Å². The first kappa shape index (κ1) is 25.9. The van der Waals surface area contributed by atoms with Crippen LogP contribution in [-0.4, -0.2) is 38.4 Å². The number of thiazole rings is 1. The smallest absolute Gasteiger partial charge is 0.350 e. The molecule has 0 fully saturated rings. The zero-order valence-electron chi connectivity index (χ0n) is 20.9. The molecule has 8 heteroatoms. The van der Waals surface area contributed by atoms with Gasteiger partial charge in [-0.25, -0.2) is 9.78 Å². The summed E-state index contributed by atoms with van der Waals surface area (Å²) < 4.78 is 15.8. The van der Waals surface area contributed by atoms with E-state index in [1.165, 1.54) is 23.3 Å². The molecular weight excluding hydrogens is 492 g/mol. The molecule has 0 saturated heterocycles. The number of ether oxygens (including phenoxy) is 3. The average Bonchev–Trinajstić information content (AvgIpc) is 3.48. The number of methoxy groups -OCH3 is 2. The first-order chi connectivity index (χ1) is 17.5. The van der Waals surface area contributed by atoms with Gasteiger partial charge in [0, 0.05) is 22.4 Å². The molecule has 0 spiro atoms. The second-order valence-corrected chi connectivity index (χ2v) is 10.7. The van der Waals surface area contributed by atoms with E-state index in [0.717, 1.165) is 39.0 Å². The molecule has 0 radical (unpaired) electrons. The number of hydrogen-bond donors (Lipinski definition) is 1. The maximum Gasteiger partial charge on any atom is 0.350 e. The number of hydrogen-bond acceptors (Lipinski definition) is 8. The van der Waals surface area contributed by atoms with E-state index < -0.39 is 0 Å². The lowest BCUT2D eigenvalue weighted by molar-refractivity contribution is 0.0607. The Kier molecular flexibility index (Phi) is 8.74. The fourth-order valence-electron chi connectivity index (χ4n) is 3.68. The number of rotatable bonds is 11. The first-order valence-electron chi connectivity index (χ1n) is 11.7. The van der Waals surface area contributed by atoms with Crippen LogP contribution in [-0.2, 0) is 15.9 Å². The van der Waals surface area contributed by atoms with Crippen molar-refractivity contribution in [3.05, 3.63) is 70.4 Å². The second kappa shape index (κ2) is 12.2. The molecule has 2 heterocycles. The van der Waals surface area contributed by atoms with Crippen molar-refractivity contribution in [1.29, 1.82) is 0 Å². The highest BCUT2D eigenvalue weighted by Crippen LogP contribution is 2.39. The van der Waals surface area contributed by atoms with E-state index in [9.17, 15) is 4.79 Å². The molecule has 0 aliphatic rings. The van der Waals surface area contributed by atoms with Crippen LogP contribution in [0.25, 0.3) is 21.7 Å². The normalized spacial score (nSPS) is 11.0. The minimum atomic E-state index is -0.368. The maximum absolute atomic E-state index is 12.5. The van der Waals surface area contributed by atoms with Gasteiger partial charge in [0.05, 0.1) is 25.1 Å². The van der Waals surface area contributed by atoms with E-state index in [1.807, 2.05) is 60.7 Å². The van der Waals surface area contributed by atoms with Crippen LogP contribution in [0.4, 0.5) is 10.8 Å². The number of carbonyl (C=O) groups excluding carboxylic acids is 1. The van der Waals surface area contributed by atoms with E-state index in [1.54, 1.807) is 18.4 Å². The van der Waals surface area contributed by atoms with Crippen molar-refractivity contribution in [3.8, 4) is 27.4 Å². The Morgan fingerprint density at radius 2 is 1.72 bits per heavy atom. The standard InChI is InChI=1S/C28H30N2O4S2/c1-18(2)16-24-25(20-10-12-21(13-11-20)34-15-14-32-3)30-28(36-24)29-22-17-23(19-8-6-5-7-9-19)35-26(22)27(31)33-4/h5-13,17-18H,14-16H2,1-4H3,(H,29,30). The van der Waals surface area contributed by atoms with Crippen LogP contribution in [0.5, 0.6) is 5.75 Å². The van der Waals surface area contributed by atoms with Crippen LogP contribution in [0, 0.1) is 5.92 Å². The Bertz CT molecular complexity index is 1280. The summed E-state index contributed by atoms with van der Waals surface area (Å²) in [6.45, 7) is 5.45. The van der Waals surface area contributed by atoms with Crippen molar-refractivity contribution < 1.29 is 19.0 Å². The van der Waals surface area contributed by atoms with Crippen molar-refractivity contribution in [2.24, 2.45) is 5.92 Å². The molecule has 4 rings (SSSR count). The quantitative estimate of drug-likeness (QED) is 0.165. The van der Waals surface area contributed by atoms with Crippen LogP contribution in [0.2, 0.25) is 0 Å². The van der Waals surface area contributed by atoms with Crippen molar-refractivity contribution in [1.82, 2.24) is 4.98 Å². The third-order valence-electron chi connectivity index (χ3n) is 5.38.